The minimum absolute atomic E-state index is 0.133. The zero-order valence-electron chi connectivity index (χ0n) is 8.08. The van der Waals surface area contributed by atoms with Crippen LogP contribution in [0.1, 0.15) is 26.2 Å². The van der Waals surface area contributed by atoms with Crippen LogP contribution in [0.3, 0.4) is 0 Å². The highest BCUT2D eigenvalue weighted by Crippen LogP contribution is 2.17. The number of ether oxygens (including phenoxy) is 2. The molecule has 72 valence electrons. The number of terminal acetylenes is 1. The first-order valence-corrected chi connectivity index (χ1v) is 4.62. The molecule has 1 aliphatic heterocycles. The van der Waals surface area contributed by atoms with Crippen LogP contribution < -0.4 is 0 Å². The lowest BCUT2D eigenvalue weighted by Crippen LogP contribution is -2.27. The second-order valence-corrected chi connectivity index (χ2v) is 3.33. The van der Waals surface area contributed by atoms with Crippen molar-refractivity contribution in [2.45, 2.75) is 38.6 Å². The lowest BCUT2D eigenvalue weighted by molar-refractivity contribution is -0.169. The highest BCUT2D eigenvalue weighted by molar-refractivity contribution is 5.13. The average molecular weight is 180 g/mol. The zero-order valence-corrected chi connectivity index (χ0v) is 8.08. The van der Waals surface area contributed by atoms with Gasteiger partial charge in [0.15, 0.2) is 6.29 Å². The summed E-state index contributed by atoms with van der Waals surface area (Å²) in [6.45, 7) is 6.41. The van der Waals surface area contributed by atoms with Gasteiger partial charge in [0.25, 0.3) is 0 Å². The van der Waals surface area contributed by atoms with Gasteiger partial charge in [-0.1, -0.05) is 12.5 Å². The molecule has 0 radical (unpaired) electrons. The van der Waals surface area contributed by atoms with Gasteiger partial charge >= 0.3 is 0 Å². The first-order chi connectivity index (χ1) is 6.24. The molecule has 1 aliphatic rings. The quantitative estimate of drug-likeness (QED) is 0.489. The molecule has 2 atom stereocenters. The molecule has 0 aromatic rings. The summed E-state index contributed by atoms with van der Waals surface area (Å²) in [5.74, 6) is 2.55. The van der Waals surface area contributed by atoms with Gasteiger partial charge in [-0.3, -0.25) is 0 Å². The first kappa shape index (κ1) is 10.3. The van der Waals surface area contributed by atoms with E-state index in [9.17, 15) is 0 Å². The van der Waals surface area contributed by atoms with E-state index in [1.807, 2.05) is 6.92 Å². The summed E-state index contributed by atoms with van der Waals surface area (Å²) >= 11 is 0. The predicted molar refractivity (Wildman–Crippen MR) is 52.1 cm³/mol. The highest BCUT2D eigenvalue weighted by Gasteiger charge is 2.18. The Labute approximate surface area is 79.9 Å². The zero-order chi connectivity index (χ0) is 9.68. The molecule has 0 aromatic heterocycles. The van der Waals surface area contributed by atoms with E-state index in [1.165, 1.54) is 0 Å². The van der Waals surface area contributed by atoms with Crippen molar-refractivity contribution in [2.24, 2.45) is 0 Å². The van der Waals surface area contributed by atoms with Crippen molar-refractivity contribution < 1.29 is 9.47 Å². The summed E-state index contributed by atoms with van der Waals surface area (Å²) in [4.78, 5) is 0. The maximum absolute atomic E-state index is 5.54. The maximum Gasteiger partial charge on any atom is 0.159 e. The maximum atomic E-state index is 5.54. The summed E-state index contributed by atoms with van der Waals surface area (Å²) in [6, 6.07) is 0. The molecular formula is C11H16O2. The van der Waals surface area contributed by atoms with Crippen LogP contribution in [-0.2, 0) is 9.47 Å². The van der Waals surface area contributed by atoms with Crippen molar-refractivity contribution in [1.29, 1.82) is 0 Å². The monoisotopic (exact) mass is 180 g/mol. The molecule has 0 bridgehead atoms. The SMILES string of the molecule is C#CC(OC1CCCCO1)C(=C)C. The van der Waals surface area contributed by atoms with Crippen molar-refractivity contribution in [2.75, 3.05) is 6.61 Å². The third kappa shape index (κ3) is 3.22. The summed E-state index contributed by atoms with van der Waals surface area (Å²) in [7, 11) is 0. The normalized spacial score (nSPS) is 24.8. The van der Waals surface area contributed by atoms with Crippen LogP contribution in [-0.4, -0.2) is 19.0 Å². The van der Waals surface area contributed by atoms with Gasteiger partial charge in [0, 0.05) is 6.61 Å². The van der Waals surface area contributed by atoms with E-state index < -0.39 is 0 Å². The summed E-state index contributed by atoms with van der Waals surface area (Å²) in [5, 5.41) is 0. The number of hydrogen-bond donors (Lipinski definition) is 0. The fourth-order valence-corrected chi connectivity index (χ4v) is 1.27. The van der Waals surface area contributed by atoms with Crippen LogP contribution in [0, 0.1) is 12.3 Å². The Kier molecular flexibility index (Phi) is 4.01. The van der Waals surface area contributed by atoms with Crippen molar-refractivity contribution >= 4 is 0 Å². The largest absolute Gasteiger partial charge is 0.353 e. The molecule has 13 heavy (non-hydrogen) atoms. The van der Waals surface area contributed by atoms with Gasteiger partial charge in [-0.15, -0.1) is 6.42 Å². The Balaban J connectivity index is 2.37. The summed E-state index contributed by atoms with van der Waals surface area (Å²) in [5.41, 5.74) is 0.858. The van der Waals surface area contributed by atoms with E-state index in [0.717, 1.165) is 31.4 Å². The topological polar surface area (TPSA) is 18.5 Å². The van der Waals surface area contributed by atoms with Crippen molar-refractivity contribution in [3.63, 3.8) is 0 Å². The fraction of sp³-hybridized carbons (Fsp3) is 0.636. The molecule has 2 nitrogen and oxygen atoms in total. The molecule has 1 saturated heterocycles. The molecular weight excluding hydrogens is 164 g/mol. The second-order valence-electron chi connectivity index (χ2n) is 3.33. The Morgan fingerprint density at radius 1 is 1.69 bits per heavy atom. The molecule has 2 unspecified atom stereocenters. The molecule has 0 aromatic carbocycles. The number of hydrogen-bond acceptors (Lipinski definition) is 2. The van der Waals surface area contributed by atoms with Crippen LogP contribution in [0.5, 0.6) is 0 Å². The number of rotatable bonds is 3. The smallest absolute Gasteiger partial charge is 0.159 e. The fourth-order valence-electron chi connectivity index (χ4n) is 1.27. The van der Waals surface area contributed by atoms with Gasteiger partial charge in [-0.2, -0.15) is 0 Å². The third-order valence-electron chi connectivity index (χ3n) is 2.02. The Hall–Kier alpha value is -0.780. The molecule has 0 amide bonds. The van der Waals surface area contributed by atoms with E-state index in [1.54, 1.807) is 0 Å². The van der Waals surface area contributed by atoms with E-state index in [2.05, 4.69) is 12.5 Å². The first-order valence-electron chi connectivity index (χ1n) is 4.62. The van der Waals surface area contributed by atoms with Gasteiger partial charge in [0.05, 0.1) is 0 Å². The van der Waals surface area contributed by atoms with E-state index in [4.69, 9.17) is 15.9 Å². The molecule has 0 saturated carbocycles. The summed E-state index contributed by atoms with van der Waals surface area (Å²) in [6.07, 6.45) is 8.07. The van der Waals surface area contributed by atoms with Crippen LogP contribution in [0.4, 0.5) is 0 Å². The molecule has 1 heterocycles. The molecule has 0 N–H and O–H groups in total. The molecule has 1 fully saturated rings. The van der Waals surface area contributed by atoms with Gasteiger partial charge in [0.2, 0.25) is 0 Å². The van der Waals surface area contributed by atoms with Gasteiger partial charge in [-0.25, -0.2) is 0 Å². The van der Waals surface area contributed by atoms with Gasteiger partial charge in [-0.05, 0) is 31.8 Å². The predicted octanol–water partition coefficient (Wildman–Crippen LogP) is 2.11. The van der Waals surface area contributed by atoms with Gasteiger partial charge < -0.3 is 9.47 Å². The molecule has 0 aliphatic carbocycles. The second kappa shape index (κ2) is 5.06. The van der Waals surface area contributed by atoms with Crippen LogP contribution >= 0.6 is 0 Å². The van der Waals surface area contributed by atoms with Crippen LogP contribution in [0.2, 0.25) is 0 Å². The molecule has 1 rings (SSSR count). The molecule has 2 heteroatoms. The van der Waals surface area contributed by atoms with Crippen molar-refractivity contribution in [1.82, 2.24) is 0 Å². The van der Waals surface area contributed by atoms with Crippen molar-refractivity contribution in [3.8, 4) is 12.3 Å². The van der Waals surface area contributed by atoms with E-state index in [-0.39, 0.29) is 12.4 Å². The van der Waals surface area contributed by atoms with Crippen LogP contribution in [0.15, 0.2) is 12.2 Å². The minimum Gasteiger partial charge on any atom is -0.353 e. The highest BCUT2D eigenvalue weighted by atomic mass is 16.7. The summed E-state index contributed by atoms with van der Waals surface area (Å²) < 4.78 is 10.9. The van der Waals surface area contributed by atoms with Crippen molar-refractivity contribution in [3.05, 3.63) is 12.2 Å². The third-order valence-corrected chi connectivity index (χ3v) is 2.02. The molecule has 0 spiro atoms. The Morgan fingerprint density at radius 2 is 2.46 bits per heavy atom. The lowest BCUT2D eigenvalue weighted by Gasteiger charge is -2.25. The van der Waals surface area contributed by atoms with E-state index in [0.29, 0.717) is 0 Å². The van der Waals surface area contributed by atoms with Crippen LogP contribution in [0.25, 0.3) is 0 Å². The average Bonchev–Trinajstić information content (AvgIpc) is 2.15. The van der Waals surface area contributed by atoms with Gasteiger partial charge in [0.1, 0.15) is 6.10 Å². The Bertz CT molecular complexity index is 209. The minimum atomic E-state index is -0.303. The standard InChI is InChI=1S/C11H16O2/c1-4-10(9(2)3)13-11-7-5-6-8-12-11/h1,10-11H,2,5-8H2,3H3. The Morgan fingerprint density at radius 3 is 2.92 bits per heavy atom. The lowest BCUT2D eigenvalue weighted by atomic mass is 10.2. The van der Waals surface area contributed by atoms with E-state index >= 15 is 0 Å².